The average molecular weight is 242 g/mol. The molecule has 0 aliphatic heterocycles. The molecule has 1 heterocycles. The van der Waals surface area contributed by atoms with Gasteiger partial charge in [0, 0.05) is 11.7 Å². The van der Waals surface area contributed by atoms with Crippen molar-refractivity contribution in [3.05, 3.63) is 36.9 Å². The van der Waals surface area contributed by atoms with Crippen LogP contribution in [0.2, 0.25) is 0 Å². The second-order valence-corrected chi connectivity index (χ2v) is 5.14. The first-order valence-electron chi connectivity index (χ1n) is 6.53. The maximum absolute atomic E-state index is 3.83. The Bertz CT molecular complexity index is 502. The van der Waals surface area contributed by atoms with E-state index in [9.17, 15) is 0 Å². The van der Waals surface area contributed by atoms with Crippen LogP contribution in [0.1, 0.15) is 26.2 Å². The van der Waals surface area contributed by atoms with Crippen LogP contribution in [0.4, 0.5) is 5.69 Å². The molecule has 3 rings (SSSR count). The second-order valence-electron chi connectivity index (χ2n) is 5.14. The zero-order chi connectivity index (χ0) is 12.4. The van der Waals surface area contributed by atoms with Gasteiger partial charge < -0.3 is 5.32 Å². The lowest BCUT2D eigenvalue weighted by molar-refractivity contribution is 0.642. The number of rotatable bonds is 5. The maximum atomic E-state index is 3.83. The first kappa shape index (κ1) is 11.3. The third-order valence-corrected chi connectivity index (χ3v) is 3.36. The van der Waals surface area contributed by atoms with Crippen molar-refractivity contribution >= 4 is 5.69 Å². The standard InChI is InChI=1S/C14H18N4/c1-11(7-12-5-6-12)17-13-3-2-4-14(8-13)18-9-15-16-10-18/h2-4,8-12,17H,5-7H2,1H3. The topological polar surface area (TPSA) is 42.7 Å². The number of benzene rings is 1. The number of anilines is 1. The Morgan fingerprint density at radius 1 is 1.33 bits per heavy atom. The fourth-order valence-electron chi connectivity index (χ4n) is 2.29. The number of hydrogen-bond acceptors (Lipinski definition) is 3. The van der Waals surface area contributed by atoms with E-state index in [4.69, 9.17) is 0 Å². The molecule has 94 valence electrons. The van der Waals surface area contributed by atoms with E-state index in [1.165, 1.54) is 19.3 Å². The Hall–Kier alpha value is -1.84. The van der Waals surface area contributed by atoms with Gasteiger partial charge in [0.25, 0.3) is 0 Å². The fraction of sp³-hybridized carbons (Fsp3) is 0.429. The van der Waals surface area contributed by atoms with Gasteiger partial charge in [-0.1, -0.05) is 18.9 Å². The number of nitrogens with one attached hydrogen (secondary N) is 1. The molecule has 4 heteroatoms. The molecule has 18 heavy (non-hydrogen) atoms. The van der Waals surface area contributed by atoms with Crippen molar-refractivity contribution in [2.45, 2.75) is 32.2 Å². The lowest BCUT2D eigenvalue weighted by Gasteiger charge is -2.15. The third-order valence-electron chi connectivity index (χ3n) is 3.36. The molecule has 1 aromatic carbocycles. The van der Waals surface area contributed by atoms with Gasteiger partial charge in [-0.3, -0.25) is 4.57 Å². The monoisotopic (exact) mass is 242 g/mol. The quantitative estimate of drug-likeness (QED) is 0.876. The molecule has 0 amide bonds. The number of nitrogens with zero attached hydrogens (tertiary/aromatic N) is 3. The van der Waals surface area contributed by atoms with Crippen molar-refractivity contribution in [3.8, 4) is 5.69 Å². The average Bonchev–Trinajstić information content (AvgIpc) is 3.00. The molecule has 1 aromatic heterocycles. The minimum Gasteiger partial charge on any atom is -0.383 e. The minimum atomic E-state index is 0.536. The van der Waals surface area contributed by atoms with E-state index in [1.807, 2.05) is 4.57 Å². The van der Waals surface area contributed by atoms with Crippen LogP contribution in [-0.4, -0.2) is 20.8 Å². The van der Waals surface area contributed by atoms with Gasteiger partial charge >= 0.3 is 0 Å². The van der Waals surface area contributed by atoms with Gasteiger partial charge in [-0.2, -0.15) is 0 Å². The van der Waals surface area contributed by atoms with Crippen LogP contribution in [0.15, 0.2) is 36.9 Å². The lowest BCUT2D eigenvalue weighted by Crippen LogP contribution is -2.15. The summed E-state index contributed by atoms with van der Waals surface area (Å²) >= 11 is 0. The van der Waals surface area contributed by atoms with E-state index in [0.717, 1.165) is 17.3 Å². The number of aromatic nitrogens is 3. The highest BCUT2D eigenvalue weighted by Gasteiger charge is 2.23. The van der Waals surface area contributed by atoms with Crippen LogP contribution in [0, 0.1) is 5.92 Å². The Balaban J connectivity index is 1.70. The normalized spacial score (nSPS) is 16.5. The molecule has 1 N–H and O–H groups in total. The van der Waals surface area contributed by atoms with Gasteiger partial charge in [-0.15, -0.1) is 10.2 Å². The van der Waals surface area contributed by atoms with Crippen molar-refractivity contribution < 1.29 is 0 Å². The van der Waals surface area contributed by atoms with Crippen LogP contribution in [0.25, 0.3) is 5.69 Å². The Labute approximate surface area is 107 Å². The molecule has 1 aliphatic rings. The Kier molecular flexibility index (Phi) is 3.00. The molecule has 1 fully saturated rings. The minimum absolute atomic E-state index is 0.536. The summed E-state index contributed by atoms with van der Waals surface area (Å²) in [7, 11) is 0. The van der Waals surface area contributed by atoms with Crippen LogP contribution >= 0.6 is 0 Å². The van der Waals surface area contributed by atoms with Crippen LogP contribution < -0.4 is 5.32 Å². The molecule has 0 radical (unpaired) electrons. The van der Waals surface area contributed by atoms with E-state index in [0.29, 0.717) is 6.04 Å². The molecule has 0 saturated heterocycles. The molecule has 0 spiro atoms. The van der Waals surface area contributed by atoms with Gasteiger partial charge in [-0.25, -0.2) is 0 Å². The molecule has 1 unspecified atom stereocenters. The van der Waals surface area contributed by atoms with Gasteiger partial charge in [0.2, 0.25) is 0 Å². The summed E-state index contributed by atoms with van der Waals surface area (Å²) in [6.45, 7) is 2.25. The first-order chi connectivity index (χ1) is 8.81. The van der Waals surface area contributed by atoms with Crippen molar-refractivity contribution in [1.29, 1.82) is 0 Å². The predicted octanol–water partition coefficient (Wildman–Crippen LogP) is 2.87. The zero-order valence-corrected chi connectivity index (χ0v) is 10.6. The van der Waals surface area contributed by atoms with Crippen molar-refractivity contribution in [3.63, 3.8) is 0 Å². The summed E-state index contributed by atoms with van der Waals surface area (Å²) < 4.78 is 1.91. The van der Waals surface area contributed by atoms with Gasteiger partial charge in [-0.05, 0) is 37.5 Å². The van der Waals surface area contributed by atoms with Crippen LogP contribution in [0.5, 0.6) is 0 Å². The zero-order valence-electron chi connectivity index (χ0n) is 10.6. The fourth-order valence-corrected chi connectivity index (χ4v) is 2.29. The highest BCUT2D eigenvalue weighted by atomic mass is 15.2. The Morgan fingerprint density at radius 2 is 2.11 bits per heavy atom. The van der Waals surface area contributed by atoms with E-state index < -0.39 is 0 Å². The summed E-state index contributed by atoms with van der Waals surface area (Å²) in [5.74, 6) is 0.952. The van der Waals surface area contributed by atoms with E-state index in [2.05, 4.69) is 46.7 Å². The SMILES string of the molecule is CC(CC1CC1)Nc1cccc(-n2cnnc2)c1. The second kappa shape index (κ2) is 4.80. The molecule has 1 saturated carbocycles. The third kappa shape index (κ3) is 2.70. The van der Waals surface area contributed by atoms with Crippen molar-refractivity contribution in [2.24, 2.45) is 5.92 Å². The predicted molar refractivity (Wildman–Crippen MR) is 71.8 cm³/mol. The molecule has 4 nitrogen and oxygen atoms in total. The first-order valence-corrected chi connectivity index (χ1v) is 6.53. The molecule has 1 aliphatic carbocycles. The highest BCUT2D eigenvalue weighted by Crippen LogP contribution is 2.34. The molecule has 2 aromatic rings. The van der Waals surface area contributed by atoms with E-state index in [-0.39, 0.29) is 0 Å². The summed E-state index contributed by atoms with van der Waals surface area (Å²) in [4.78, 5) is 0. The Morgan fingerprint density at radius 3 is 2.83 bits per heavy atom. The summed E-state index contributed by atoms with van der Waals surface area (Å²) in [5.41, 5.74) is 2.25. The van der Waals surface area contributed by atoms with Gasteiger partial charge in [0.15, 0.2) is 0 Å². The lowest BCUT2D eigenvalue weighted by atomic mass is 10.1. The van der Waals surface area contributed by atoms with Crippen LogP contribution in [0.3, 0.4) is 0 Å². The highest BCUT2D eigenvalue weighted by molar-refractivity contribution is 5.51. The molecular formula is C14H18N4. The van der Waals surface area contributed by atoms with Crippen molar-refractivity contribution in [1.82, 2.24) is 14.8 Å². The van der Waals surface area contributed by atoms with Gasteiger partial charge in [0.1, 0.15) is 12.7 Å². The van der Waals surface area contributed by atoms with Crippen LogP contribution in [-0.2, 0) is 0 Å². The van der Waals surface area contributed by atoms with Crippen molar-refractivity contribution in [2.75, 3.05) is 5.32 Å². The summed E-state index contributed by atoms with van der Waals surface area (Å²) in [5, 5.41) is 11.2. The largest absolute Gasteiger partial charge is 0.383 e. The van der Waals surface area contributed by atoms with E-state index in [1.54, 1.807) is 12.7 Å². The maximum Gasteiger partial charge on any atom is 0.123 e. The molecule has 1 atom stereocenters. The molecule has 0 bridgehead atoms. The van der Waals surface area contributed by atoms with E-state index >= 15 is 0 Å². The smallest absolute Gasteiger partial charge is 0.123 e. The summed E-state index contributed by atoms with van der Waals surface area (Å²) in [6, 6.07) is 8.89. The van der Waals surface area contributed by atoms with Gasteiger partial charge in [0.05, 0.1) is 5.69 Å². The molecular weight excluding hydrogens is 224 g/mol. The summed E-state index contributed by atoms with van der Waals surface area (Å²) in [6.07, 6.45) is 7.52. The number of hydrogen-bond donors (Lipinski definition) is 1.